The summed E-state index contributed by atoms with van der Waals surface area (Å²) in [5, 5.41) is 3.52. The normalized spacial score (nSPS) is 12.6. The molecule has 0 aliphatic carbocycles. The molecule has 82 valence electrons. The Morgan fingerprint density at radius 2 is 1.87 bits per heavy atom. The van der Waals surface area contributed by atoms with E-state index < -0.39 is 10.3 Å². The Morgan fingerprint density at radius 3 is 2.33 bits per heavy atom. The second-order valence-electron chi connectivity index (χ2n) is 3.13. The van der Waals surface area contributed by atoms with Crippen LogP contribution in [-0.2, 0) is 10.3 Å². The summed E-state index contributed by atoms with van der Waals surface area (Å²) in [7, 11) is -4.27. The molecule has 1 aromatic rings. The number of hydrazone groups is 1. The molecule has 0 bridgehead atoms. The lowest BCUT2D eigenvalue weighted by molar-refractivity contribution is 0.470. The summed E-state index contributed by atoms with van der Waals surface area (Å²) >= 11 is 0. The molecule has 1 aromatic carbocycles. The smallest absolute Gasteiger partial charge is 0.268 e. The lowest BCUT2D eigenvalue weighted by atomic mass is 10.1. The Kier molecular flexibility index (Phi) is 3.43. The molecule has 0 saturated heterocycles. The molecule has 0 spiro atoms. The molecule has 0 amide bonds. The van der Waals surface area contributed by atoms with Crippen LogP contribution in [0.4, 0.5) is 0 Å². The molecule has 15 heavy (non-hydrogen) atoms. The number of nitrogens with one attached hydrogen (secondary N) is 1. The van der Waals surface area contributed by atoms with E-state index in [9.17, 15) is 8.42 Å². The SMILES string of the molecule is C/C(=N/NS(=O)(=O)O)c1ccc(C)cc1. The maximum atomic E-state index is 10.4. The van der Waals surface area contributed by atoms with Crippen LogP contribution in [0.25, 0.3) is 0 Å². The molecule has 0 aliphatic rings. The van der Waals surface area contributed by atoms with Crippen LogP contribution >= 0.6 is 0 Å². The molecule has 0 fully saturated rings. The van der Waals surface area contributed by atoms with Crippen LogP contribution in [0, 0.1) is 6.92 Å². The van der Waals surface area contributed by atoms with E-state index in [4.69, 9.17) is 4.55 Å². The Hall–Kier alpha value is -1.40. The van der Waals surface area contributed by atoms with Gasteiger partial charge < -0.3 is 0 Å². The number of rotatable bonds is 3. The number of hydrogen-bond donors (Lipinski definition) is 2. The zero-order valence-corrected chi connectivity index (χ0v) is 9.25. The molecule has 0 heterocycles. The fourth-order valence-corrected chi connectivity index (χ4v) is 1.24. The quantitative estimate of drug-likeness (QED) is 0.462. The predicted octanol–water partition coefficient (Wildman–Crippen LogP) is 1.11. The van der Waals surface area contributed by atoms with Crippen LogP contribution in [0.3, 0.4) is 0 Å². The Balaban J connectivity index is 2.85. The molecule has 2 N–H and O–H groups in total. The van der Waals surface area contributed by atoms with Crippen molar-refractivity contribution in [3.8, 4) is 0 Å². The molecule has 0 radical (unpaired) electrons. The van der Waals surface area contributed by atoms with Gasteiger partial charge in [0.05, 0.1) is 5.71 Å². The maximum Gasteiger partial charge on any atom is 0.372 e. The second-order valence-corrected chi connectivity index (χ2v) is 4.26. The molecule has 0 saturated carbocycles. The summed E-state index contributed by atoms with van der Waals surface area (Å²) in [4.78, 5) is 1.65. The largest absolute Gasteiger partial charge is 0.372 e. The second kappa shape index (κ2) is 4.41. The van der Waals surface area contributed by atoms with Crippen molar-refractivity contribution < 1.29 is 13.0 Å². The Morgan fingerprint density at radius 1 is 1.33 bits per heavy atom. The minimum atomic E-state index is -4.27. The first-order valence-electron chi connectivity index (χ1n) is 4.24. The monoisotopic (exact) mass is 228 g/mol. The average molecular weight is 228 g/mol. The third-order valence-electron chi connectivity index (χ3n) is 1.80. The summed E-state index contributed by atoms with van der Waals surface area (Å²) in [6, 6.07) is 7.42. The minimum absolute atomic E-state index is 0.479. The molecule has 0 aromatic heterocycles. The van der Waals surface area contributed by atoms with Crippen molar-refractivity contribution in [2.75, 3.05) is 0 Å². The van der Waals surface area contributed by atoms with Gasteiger partial charge >= 0.3 is 10.3 Å². The van der Waals surface area contributed by atoms with Crippen LogP contribution < -0.4 is 4.83 Å². The van der Waals surface area contributed by atoms with Gasteiger partial charge in [0.25, 0.3) is 0 Å². The van der Waals surface area contributed by atoms with Gasteiger partial charge in [0.2, 0.25) is 0 Å². The lowest BCUT2D eigenvalue weighted by Gasteiger charge is -2.01. The van der Waals surface area contributed by atoms with Gasteiger partial charge in [-0.05, 0) is 19.4 Å². The van der Waals surface area contributed by atoms with Crippen molar-refractivity contribution in [1.82, 2.24) is 4.83 Å². The standard InChI is InChI=1S/C9H12N2O3S/c1-7-3-5-9(6-4-7)8(2)10-11-15(12,13)14/h3-6,11H,1-2H3,(H,12,13,14)/b10-8-. The number of benzene rings is 1. The van der Waals surface area contributed by atoms with Crippen LogP contribution in [0.1, 0.15) is 18.1 Å². The highest BCUT2D eigenvalue weighted by Gasteiger charge is 2.01. The van der Waals surface area contributed by atoms with Gasteiger partial charge in [-0.25, -0.2) is 0 Å². The van der Waals surface area contributed by atoms with E-state index >= 15 is 0 Å². The molecular formula is C9H12N2O3S. The summed E-state index contributed by atoms with van der Waals surface area (Å²) < 4.78 is 29.1. The molecule has 6 heteroatoms. The summed E-state index contributed by atoms with van der Waals surface area (Å²) in [5.41, 5.74) is 2.37. The van der Waals surface area contributed by atoms with E-state index in [1.165, 1.54) is 0 Å². The number of hydrogen-bond acceptors (Lipinski definition) is 3. The average Bonchev–Trinajstić information content (AvgIpc) is 2.14. The summed E-state index contributed by atoms with van der Waals surface area (Å²) in [6.07, 6.45) is 0. The van der Waals surface area contributed by atoms with Crippen molar-refractivity contribution >= 4 is 16.0 Å². The van der Waals surface area contributed by atoms with Crippen LogP contribution in [0.5, 0.6) is 0 Å². The van der Waals surface area contributed by atoms with Gasteiger partial charge in [0, 0.05) is 0 Å². The van der Waals surface area contributed by atoms with E-state index in [1.807, 2.05) is 31.2 Å². The number of aryl methyl sites for hydroxylation is 1. The Bertz CT molecular complexity index is 463. The van der Waals surface area contributed by atoms with Crippen molar-refractivity contribution in [1.29, 1.82) is 0 Å². The molecular weight excluding hydrogens is 216 g/mol. The summed E-state index contributed by atoms with van der Waals surface area (Å²) in [6.45, 7) is 3.59. The highest BCUT2D eigenvalue weighted by atomic mass is 32.2. The molecule has 1 rings (SSSR count). The topological polar surface area (TPSA) is 78.8 Å². The van der Waals surface area contributed by atoms with E-state index in [0.717, 1.165) is 11.1 Å². The third-order valence-corrected chi connectivity index (χ3v) is 2.12. The summed E-state index contributed by atoms with van der Waals surface area (Å²) in [5.74, 6) is 0. The molecule has 0 atom stereocenters. The van der Waals surface area contributed by atoms with Crippen molar-refractivity contribution in [2.45, 2.75) is 13.8 Å². The van der Waals surface area contributed by atoms with Gasteiger partial charge in [-0.1, -0.05) is 29.8 Å². The fourth-order valence-electron chi connectivity index (χ4n) is 0.985. The minimum Gasteiger partial charge on any atom is -0.268 e. The van der Waals surface area contributed by atoms with E-state index in [0.29, 0.717) is 5.71 Å². The van der Waals surface area contributed by atoms with E-state index in [1.54, 1.807) is 11.8 Å². The van der Waals surface area contributed by atoms with Crippen LogP contribution in [-0.4, -0.2) is 18.7 Å². The van der Waals surface area contributed by atoms with E-state index in [2.05, 4.69) is 5.10 Å². The molecule has 0 unspecified atom stereocenters. The van der Waals surface area contributed by atoms with Gasteiger partial charge in [-0.2, -0.15) is 18.4 Å². The van der Waals surface area contributed by atoms with Gasteiger partial charge in [-0.3, -0.25) is 4.55 Å². The first-order valence-corrected chi connectivity index (χ1v) is 5.68. The first kappa shape index (κ1) is 11.7. The highest BCUT2D eigenvalue weighted by molar-refractivity contribution is 7.83. The lowest BCUT2D eigenvalue weighted by Crippen LogP contribution is -2.18. The maximum absolute atomic E-state index is 10.4. The van der Waals surface area contributed by atoms with Crippen LogP contribution in [0.2, 0.25) is 0 Å². The van der Waals surface area contributed by atoms with Gasteiger partial charge in [0.15, 0.2) is 0 Å². The third kappa shape index (κ3) is 4.09. The van der Waals surface area contributed by atoms with Gasteiger partial charge in [0.1, 0.15) is 0 Å². The van der Waals surface area contributed by atoms with Crippen molar-refractivity contribution in [3.05, 3.63) is 35.4 Å². The zero-order valence-electron chi connectivity index (χ0n) is 8.43. The molecule has 5 nitrogen and oxygen atoms in total. The van der Waals surface area contributed by atoms with Gasteiger partial charge in [-0.15, -0.1) is 0 Å². The van der Waals surface area contributed by atoms with E-state index in [-0.39, 0.29) is 0 Å². The van der Waals surface area contributed by atoms with Crippen molar-refractivity contribution in [2.24, 2.45) is 5.10 Å². The Labute approximate surface area is 88.7 Å². The first-order chi connectivity index (χ1) is 6.88. The predicted molar refractivity (Wildman–Crippen MR) is 58.1 cm³/mol. The van der Waals surface area contributed by atoms with Crippen LogP contribution in [0.15, 0.2) is 29.4 Å². The fraction of sp³-hybridized carbons (Fsp3) is 0.222. The highest BCUT2D eigenvalue weighted by Crippen LogP contribution is 2.04. The zero-order chi connectivity index (χ0) is 11.5. The number of nitrogens with zero attached hydrogens (tertiary/aromatic N) is 1. The van der Waals surface area contributed by atoms with Crippen molar-refractivity contribution in [3.63, 3.8) is 0 Å². The molecule has 0 aliphatic heterocycles.